The molecule has 0 saturated heterocycles. The second kappa shape index (κ2) is 5.49. The quantitative estimate of drug-likeness (QED) is 0.890. The van der Waals surface area contributed by atoms with E-state index >= 15 is 0 Å². The first kappa shape index (κ1) is 14.7. The Morgan fingerprint density at radius 1 is 1.39 bits per heavy atom. The van der Waals surface area contributed by atoms with Gasteiger partial charge in [0.25, 0.3) is 5.91 Å². The lowest BCUT2D eigenvalue weighted by Crippen LogP contribution is -2.28. The number of aryl methyl sites for hydroxylation is 1. The van der Waals surface area contributed by atoms with Crippen LogP contribution >= 0.6 is 0 Å². The minimum absolute atomic E-state index is 0.0229. The standard InChI is InChI=1S/C12H18N2O3S/c1-4-7-14(3)12(15)11-6-5-10(8-9(11)2)18(13,16)17/h5-6,8H,4,7H2,1-3H3,(H2,13,16,17). The average molecular weight is 270 g/mol. The number of benzene rings is 1. The molecule has 100 valence electrons. The average Bonchev–Trinajstić information content (AvgIpc) is 2.27. The van der Waals surface area contributed by atoms with Gasteiger partial charge in [0.1, 0.15) is 0 Å². The first-order chi connectivity index (χ1) is 8.27. The van der Waals surface area contributed by atoms with Gasteiger partial charge in [-0.3, -0.25) is 4.79 Å². The van der Waals surface area contributed by atoms with E-state index in [1.165, 1.54) is 18.2 Å². The molecule has 0 bridgehead atoms. The lowest BCUT2D eigenvalue weighted by Gasteiger charge is -2.17. The van der Waals surface area contributed by atoms with Crippen LogP contribution in [-0.2, 0) is 10.0 Å². The van der Waals surface area contributed by atoms with Gasteiger partial charge in [-0.1, -0.05) is 6.92 Å². The summed E-state index contributed by atoms with van der Waals surface area (Å²) in [7, 11) is -2.00. The number of amides is 1. The highest BCUT2D eigenvalue weighted by Crippen LogP contribution is 2.16. The minimum atomic E-state index is -3.72. The maximum atomic E-state index is 12.1. The summed E-state index contributed by atoms with van der Waals surface area (Å²) in [4.78, 5) is 13.7. The van der Waals surface area contributed by atoms with Crippen LogP contribution in [0, 0.1) is 6.92 Å². The van der Waals surface area contributed by atoms with Crippen molar-refractivity contribution in [3.63, 3.8) is 0 Å². The SMILES string of the molecule is CCCN(C)C(=O)c1ccc(S(N)(=O)=O)cc1C. The second-order valence-corrected chi connectivity index (χ2v) is 5.81. The highest BCUT2D eigenvalue weighted by molar-refractivity contribution is 7.89. The Kier molecular flexibility index (Phi) is 4.48. The normalized spacial score (nSPS) is 11.3. The number of primary sulfonamides is 1. The molecule has 0 aliphatic rings. The highest BCUT2D eigenvalue weighted by Gasteiger charge is 2.16. The summed E-state index contributed by atoms with van der Waals surface area (Å²) >= 11 is 0. The summed E-state index contributed by atoms with van der Waals surface area (Å²) in [6, 6.07) is 4.28. The van der Waals surface area contributed by atoms with Gasteiger partial charge in [0.15, 0.2) is 0 Å². The molecule has 0 aliphatic heterocycles. The maximum absolute atomic E-state index is 12.1. The molecule has 18 heavy (non-hydrogen) atoms. The van der Waals surface area contributed by atoms with Gasteiger partial charge < -0.3 is 4.90 Å². The van der Waals surface area contributed by atoms with Gasteiger partial charge in [-0.25, -0.2) is 13.6 Å². The van der Waals surface area contributed by atoms with Crippen LogP contribution in [0.1, 0.15) is 29.3 Å². The monoisotopic (exact) mass is 270 g/mol. The van der Waals surface area contributed by atoms with Crippen LogP contribution in [0.2, 0.25) is 0 Å². The summed E-state index contributed by atoms with van der Waals surface area (Å²) in [5.74, 6) is -0.115. The fourth-order valence-corrected chi connectivity index (χ4v) is 2.29. The molecule has 1 amide bonds. The van der Waals surface area contributed by atoms with Crippen molar-refractivity contribution in [3.8, 4) is 0 Å². The molecule has 0 aromatic heterocycles. The molecule has 0 atom stereocenters. The van der Waals surface area contributed by atoms with E-state index < -0.39 is 10.0 Å². The van der Waals surface area contributed by atoms with E-state index in [0.29, 0.717) is 17.7 Å². The van der Waals surface area contributed by atoms with Crippen molar-refractivity contribution < 1.29 is 13.2 Å². The number of hydrogen-bond acceptors (Lipinski definition) is 3. The molecular formula is C12H18N2O3S. The lowest BCUT2D eigenvalue weighted by atomic mass is 10.1. The summed E-state index contributed by atoms with van der Waals surface area (Å²) in [6.45, 7) is 4.34. The van der Waals surface area contributed by atoms with Gasteiger partial charge in [0.2, 0.25) is 10.0 Å². The number of nitrogens with zero attached hydrogens (tertiary/aromatic N) is 1. The van der Waals surface area contributed by atoms with Crippen molar-refractivity contribution in [2.45, 2.75) is 25.2 Å². The third kappa shape index (κ3) is 3.30. The van der Waals surface area contributed by atoms with Crippen LogP contribution < -0.4 is 5.14 Å². The Morgan fingerprint density at radius 2 is 2.00 bits per heavy atom. The molecule has 0 saturated carbocycles. The Morgan fingerprint density at radius 3 is 2.44 bits per heavy atom. The van der Waals surface area contributed by atoms with E-state index in [0.717, 1.165) is 6.42 Å². The molecule has 5 nitrogen and oxygen atoms in total. The van der Waals surface area contributed by atoms with Gasteiger partial charge in [0, 0.05) is 19.2 Å². The fourth-order valence-electron chi connectivity index (χ4n) is 1.70. The third-order valence-corrected chi connectivity index (χ3v) is 3.57. The van der Waals surface area contributed by atoms with Crippen LogP contribution in [-0.4, -0.2) is 32.8 Å². The molecule has 1 aromatic rings. The molecule has 0 fully saturated rings. The first-order valence-corrected chi connectivity index (χ1v) is 7.21. The summed E-state index contributed by atoms with van der Waals surface area (Å²) < 4.78 is 22.4. The van der Waals surface area contributed by atoms with Gasteiger partial charge in [-0.2, -0.15) is 0 Å². The molecule has 1 aromatic carbocycles. The Hall–Kier alpha value is -1.40. The Bertz CT molecular complexity index is 552. The van der Waals surface area contributed by atoms with E-state index in [9.17, 15) is 13.2 Å². The molecule has 6 heteroatoms. The van der Waals surface area contributed by atoms with E-state index in [1.807, 2.05) is 6.92 Å². The lowest BCUT2D eigenvalue weighted by molar-refractivity contribution is 0.0794. The Balaban J connectivity index is 3.10. The molecular weight excluding hydrogens is 252 g/mol. The van der Waals surface area contributed by atoms with Crippen molar-refractivity contribution >= 4 is 15.9 Å². The van der Waals surface area contributed by atoms with E-state index in [2.05, 4.69) is 0 Å². The molecule has 0 heterocycles. The number of sulfonamides is 1. The largest absolute Gasteiger partial charge is 0.342 e. The molecule has 0 spiro atoms. The van der Waals surface area contributed by atoms with E-state index in [1.54, 1.807) is 18.9 Å². The molecule has 0 radical (unpaired) electrons. The van der Waals surface area contributed by atoms with Crippen molar-refractivity contribution in [1.82, 2.24) is 4.90 Å². The van der Waals surface area contributed by atoms with Gasteiger partial charge >= 0.3 is 0 Å². The topological polar surface area (TPSA) is 80.5 Å². The first-order valence-electron chi connectivity index (χ1n) is 5.66. The molecule has 0 unspecified atom stereocenters. The van der Waals surface area contributed by atoms with Crippen molar-refractivity contribution in [2.75, 3.05) is 13.6 Å². The van der Waals surface area contributed by atoms with E-state index in [-0.39, 0.29) is 10.8 Å². The van der Waals surface area contributed by atoms with Gasteiger partial charge in [-0.15, -0.1) is 0 Å². The summed E-state index contributed by atoms with van der Waals surface area (Å²) in [5, 5.41) is 5.04. The van der Waals surface area contributed by atoms with Crippen LogP contribution in [0.4, 0.5) is 0 Å². The Labute approximate surface area is 108 Å². The van der Waals surface area contributed by atoms with Crippen LogP contribution in [0.25, 0.3) is 0 Å². The van der Waals surface area contributed by atoms with Gasteiger partial charge in [-0.05, 0) is 37.1 Å². The fraction of sp³-hybridized carbons (Fsp3) is 0.417. The zero-order chi connectivity index (χ0) is 13.9. The number of nitrogens with two attached hydrogens (primary N) is 1. The maximum Gasteiger partial charge on any atom is 0.253 e. The number of carbonyl (C=O) groups is 1. The zero-order valence-electron chi connectivity index (χ0n) is 10.8. The minimum Gasteiger partial charge on any atom is -0.342 e. The predicted molar refractivity (Wildman–Crippen MR) is 69.8 cm³/mol. The van der Waals surface area contributed by atoms with Crippen LogP contribution in [0.3, 0.4) is 0 Å². The van der Waals surface area contributed by atoms with Gasteiger partial charge in [0.05, 0.1) is 4.90 Å². The van der Waals surface area contributed by atoms with Crippen LogP contribution in [0.5, 0.6) is 0 Å². The number of rotatable bonds is 4. The summed E-state index contributed by atoms with van der Waals surface area (Å²) in [6.07, 6.45) is 0.872. The van der Waals surface area contributed by atoms with Crippen molar-refractivity contribution in [1.29, 1.82) is 0 Å². The molecule has 1 rings (SSSR count). The van der Waals surface area contributed by atoms with Crippen molar-refractivity contribution in [2.24, 2.45) is 5.14 Å². The molecule has 0 aliphatic carbocycles. The van der Waals surface area contributed by atoms with Crippen LogP contribution in [0.15, 0.2) is 23.1 Å². The number of carbonyl (C=O) groups excluding carboxylic acids is 1. The number of hydrogen-bond donors (Lipinski definition) is 1. The molecule has 2 N–H and O–H groups in total. The smallest absolute Gasteiger partial charge is 0.253 e. The summed E-state index contributed by atoms with van der Waals surface area (Å²) in [5.41, 5.74) is 1.10. The predicted octanol–water partition coefficient (Wildman–Crippen LogP) is 1.12. The van der Waals surface area contributed by atoms with E-state index in [4.69, 9.17) is 5.14 Å². The van der Waals surface area contributed by atoms with Crippen molar-refractivity contribution in [3.05, 3.63) is 29.3 Å². The zero-order valence-corrected chi connectivity index (χ0v) is 11.6. The highest BCUT2D eigenvalue weighted by atomic mass is 32.2. The second-order valence-electron chi connectivity index (χ2n) is 4.25. The third-order valence-electron chi connectivity index (χ3n) is 2.66.